The molecule has 1 aliphatic rings. The number of nitrogens with one attached hydrogen (secondary N) is 2. The third-order valence-electron chi connectivity index (χ3n) is 5.19. The molecule has 0 heterocycles. The second-order valence-corrected chi connectivity index (χ2v) is 11.0. The molecule has 154 valence electrons. The van der Waals surface area contributed by atoms with Gasteiger partial charge >= 0.3 is 0 Å². The maximum atomic E-state index is 12.3. The van der Waals surface area contributed by atoms with Crippen LogP contribution in [0.25, 0.3) is 0 Å². The molecule has 0 spiro atoms. The summed E-state index contributed by atoms with van der Waals surface area (Å²) in [6.07, 6.45) is 6.12. The van der Waals surface area contributed by atoms with Gasteiger partial charge in [0, 0.05) is 18.3 Å². The number of unbranched alkanes of at least 4 members (excludes halogenated alkanes) is 1. The molecule has 0 bridgehead atoms. The van der Waals surface area contributed by atoms with Crippen molar-refractivity contribution in [3.8, 4) is 5.75 Å². The molecule has 0 aromatic heterocycles. The van der Waals surface area contributed by atoms with E-state index >= 15 is 0 Å². The molecule has 0 aliphatic heterocycles. The summed E-state index contributed by atoms with van der Waals surface area (Å²) in [6.45, 7) is 9.07. The molecule has 5 nitrogen and oxygen atoms in total. The van der Waals surface area contributed by atoms with Gasteiger partial charge in [0.1, 0.15) is 5.75 Å². The molecule has 1 aromatic carbocycles. The minimum absolute atomic E-state index is 0.0741. The van der Waals surface area contributed by atoms with Gasteiger partial charge in [0.2, 0.25) is 10.0 Å². The minimum Gasteiger partial charge on any atom is -0.494 e. The SMILES string of the molecule is CCCCOc1ccc(NCC2CCC(NS(=O)(=O)C(C)(C)C)CC2)cc1. The van der Waals surface area contributed by atoms with Crippen molar-refractivity contribution in [2.45, 2.75) is 77.0 Å². The summed E-state index contributed by atoms with van der Waals surface area (Å²) in [6, 6.07) is 8.21. The van der Waals surface area contributed by atoms with Crippen molar-refractivity contribution in [3.05, 3.63) is 24.3 Å². The maximum Gasteiger partial charge on any atom is 0.216 e. The molecule has 0 atom stereocenters. The van der Waals surface area contributed by atoms with Crippen LogP contribution in [0.3, 0.4) is 0 Å². The van der Waals surface area contributed by atoms with E-state index in [0.717, 1.165) is 63.1 Å². The van der Waals surface area contributed by atoms with Crippen LogP contribution in [0.2, 0.25) is 0 Å². The summed E-state index contributed by atoms with van der Waals surface area (Å²) in [4.78, 5) is 0. The average molecular weight is 397 g/mol. The summed E-state index contributed by atoms with van der Waals surface area (Å²) in [5, 5.41) is 3.50. The van der Waals surface area contributed by atoms with Crippen molar-refractivity contribution in [2.75, 3.05) is 18.5 Å². The van der Waals surface area contributed by atoms with Gasteiger partial charge in [-0.1, -0.05) is 13.3 Å². The van der Waals surface area contributed by atoms with Crippen molar-refractivity contribution in [1.82, 2.24) is 4.72 Å². The Labute approximate surface area is 165 Å². The Kier molecular flexibility index (Phi) is 7.98. The highest BCUT2D eigenvalue weighted by molar-refractivity contribution is 7.90. The zero-order valence-corrected chi connectivity index (χ0v) is 18.1. The van der Waals surface area contributed by atoms with Crippen molar-refractivity contribution in [1.29, 1.82) is 0 Å². The smallest absolute Gasteiger partial charge is 0.216 e. The van der Waals surface area contributed by atoms with Gasteiger partial charge in [-0.3, -0.25) is 0 Å². The van der Waals surface area contributed by atoms with Gasteiger partial charge in [-0.2, -0.15) is 0 Å². The molecule has 0 radical (unpaired) electrons. The van der Waals surface area contributed by atoms with E-state index in [-0.39, 0.29) is 6.04 Å². The van der Waals surface area contributed by atoms with Crippen LogP contribution >= 0.6 is 0 Å². The summed E-state index contributed by atoms with van der Waals surface area (Å²) < 4.78 is 32.4. The Morgan fingerprint density at radius 1 is 1.07 bits per heavy atom. The van der Waals surface area contributed by atoms with Gasteiger partial charge in [0.05, 0.1) is 11.4 Å². The molecule has 0 saturated heterocycles. The lowest BCUT2D eigenvalue weighted by atomic mass is 9.86. The second kappa shape index (κ2) is 9.78. The van der Waals surface area contributed by atoms with Crippen LogP contribution < -0.4 is 14.8 Å². The first-order chi connectivity index (χ1) is 12.7. The van der Waals surface area contributed by atoms with Gasteiger partial charge in [-0.05, 0) is 83.1 Å². The van der Waals surface area contributed by atoms with Crippen LogP contribution in [0.5, 0.6) is 5.75 Å². The van der Waals surface area contributed by atoms with Gasteiger partial charge in [0.25, 0.3) is 0 Å². The summed E-state index contributed by atoms with van der Waals surface area (Å²) >= 11 is 0. The standard InChI is InChI=1S/C21H36N2O3S/c1-5-6-15-26-20-13-11-18(12-14-20)22-16-17-7-9-19(10-8-17)23-27(24,25)21(2,3)4/h11-14,17,19,22-23H,5-10,15-16H2,1-4H3. The topological polar surface area (TPSA) is 67.4 Å². The highest BCUT2D eigenvalue weighted by atomic mass is 32.2. The molecule has 2 N–H and O–H groups in total. The average Bonchev–Trinajstić information content (AvgIpc) is 2.61. The fourth-order valence-corrected chi connectivity index (χ4v) is 4.17. The Balaban J connectivity index is 1.72. The van der Waals surface area contributed by atoms with Crippen LogP contribution in [-0.2, 0) is 10.0 Å². The predicted octanol–water partition coefficient (Wildman–Crippen LogP) is 4.55. The number of rotatable bonds is 9. The maximum absolute atomic E-state index is 12.3. The van der Waals surface area contributed by atoms with E-state index in [1.54, 1.807) is 20.8 Å². The van der Waals surface area contributed by atoms with Crippen molar-refractivity contribution >= 4 is 15.7 Å². The third-order valence-corrected chi connectivity index (χ3v) is 7.45. The zero-order valence-electron chi connectivity index (χ0n) is 17.3. The van der Waals surface area contributed by atoms with Crippen LogP contribution in [0, 0.1) is 5.92 Å². The lowest BCUT2D eigenvalue weighted by Crippen LogP contribution is -2.46. The molecular weight excluding hydrogens is 360 g/mol. The molecular formula is C21H36N2O3S. The Bertz CT molecular complexity index is 658. The van der Waals surface area contributed by atoms with Crippen LogP contribution in [0.15, 0.2) is 24.3 Å². The molecule has 27 heavy (non-hydrogen) atoms. The lowest BCUT2D eigenvalue weighted by molar-refractivity contribution is 0.309. The van der Waals surface area contributed by atoms with E-state index in [1.165, 1.54) is 0 Å². The first kappa shape index (κ1) is 22.0. The largest absolute Gasteiger partial charge is 0.494 e. The summed E-state index contributed by atoms with van der Waals surface area (Å²) in [5.41, 5.74) is 1.11. The van der Waals surface area contributed by atoms with Gasteiger partial charge in [-0.25, -0.2) is 13.1 Å². The fraction of sp³-hybridized carbons (Fsp3) is 0.714. The first-order valence-corrected chi connectivity index (χ1v) is 11.7. The number of hydrogen-bond donors (Lipinski definition) is 2. The van der Waals surface area contributed by atoms with Gasteiger partial charge in [-0.15, -0.1) is 0 Å². The van der Waals surface area contributed by atoms with E-state index in [4.69, 9.17) is 4.74 Å². The molecule has 6 heteroatoms. The van der Waals surface area contributed by atoms with E-state index in [2.05, 4.69) is 29.1 Å². The van der Waals surface area contributed by atoms with E-state index in [1.807, 2.05) is 12.1 Å². The molecule has 1 saturated carbocycles. The first-order valence-electron chi connectivity index (χ1n) is 10.2. The Morgan fingerprint density at radius 2 is 1.70 bits per heavy atom. The summed E-state index contributed by atoms with van der Waals surface area (Å²) in [5.74, 6) is 1.50. The van der Waals surface area contributed by atoms with Crippen molar-refractivity contribution in [3.63, 3.8) is 0 Å². The van der Waals surface area contributed by atoms with Crippen LogP contribution in [-0.4, -0.2) is 32.4 Å². The lowest BCUT2D eigenvalue weighted by Gasteiger charge is -2.31. The number of hydrogen-bond acceptors (Lipinski definition) is 4. The van der Waals surface area contributed by atoms with Crippen LogP contribution in [0.4, 0.5) is 5.69 Å². The Hall–Kier alpha value is -1.27. The van der Waals surface area contributed by atoms with Crippen molar-refractivity contribution in [2.24, 2.45) is 5.92 Å². The monoisotopic (exact) mass is 396 g/mol. The molecule has 1 aromatic rings. The highest BCUT2D eigenvalue weighted by Gasteiger charge is 2.32. The molecule has 1 aliphatic carbocycles. The van der Waals surface area contributed by atoms with Crippen molar-refractivity contribution < 1.29 is 13.2 Å². The number of benzene rings is 1. The van der Waals surface area contributed by atoms with E-state index < -0.39 is 14.8 Å². The predicted molar refractivity (Wildman–Crippen MR) is 113 cm³/mol. The van der Waals surface area contributed by atoms with Gasteiger partial charge < -0.3 is 10.1 Å². The fourth-order valence-electron chi connectivity index (χ4n) is 3.15. The zero-order chi connectivity index (χ0) is 19.9. The normalized spacial score (nSPS) is 21.0. The highest BCUT2D eigenvalue weighted by Crippen LogP contribution is 2.27. The third kappa shape index (κ3) is 7.00. The number of anilines is 1. The van der Waals surface area contributed by atoms with E-state index in [9.17, 15) is 8.42 Å². The molecule has 0 unspecified atom stereocenters. The number of ether oxygens (including phenoxy) is 1. The van der Waals surface area contributed by atoms with E-state index in [0.29, 0.717) is 5.92 Å². The quantitative estimate of drug-likeness (QED) is 0.601. The Morgan fingerprint density at radius 3 is 2.26 bits per heavy atom. The van der Waals surface area contributed by atoms with Gasteiger partial charge in [0.15, 0.2) is 0 Å². The molecule has 0 amide bonds. The number of sulfonamides is 1. The minimum atomic E-state index is -3.26. The molecule has 1 fully saturated rings. The summed E-state index contributed by atoms with van der Waals surface area (Å²) in [7, 11) is -3.26. The molecule has 2 rings (SSSR count). The second-order valence-electron chi connectivity index (χ2n) is 8.56. The van der Waals surface area contributed by atoms with Crippen LogP contribution in [0.1, 0.15) is 66.2 Å².